The molecule has 2 aromatic rings. The van der Waals surface area contributed by atoms with E-state index in [2.05, 4.69) is 91.8 Å². The van der Waals surface area contributed by atoms with Crippen LogP contribution < -0.4 is 4.74 Å². The summed E-state index contributed by atoms with van der Waals surface area (Å²) in [4.78, 5) is 0. The zero-order valence-corrected chi connectivity index (χ0v) is 29.3. The third-order valence-corrected chi connectivity index (χ3v) is 7.89. The van der Waals surface area contributed by atoms with Crippen LogP contribution in [0.15, 0.2) is 106 Å². The van der Waals surface area contributed by atoms with Crippen molar-refractivity contribution in [3.63, 3.8) is 0 Å². The fraction of sp³-hybridized carbons (Fsp3) is 0.429. The molecule has 2 aromatic carbocycles. The molecular weight excluding hydrogens is 552 g/mol. The van der Waals surface area contributed by atoms with E-state index in [0.29, 0.717) is 24.3 Å². The van der Waals surface area contributed by atoms with Crippen LogP contribution >= 0.6 is 0 Å². The molecule has 0 saturated heterocycles. The first-order valence-electron chi connectivity index (χ1n) is 16.6. The zero-order chi connectivity index (χ0) is 33.2. The highest BCUT2D eigenvalue weighted by Crippen LogP contribution is 2.33. The Morgan fingerprint density at radius 2 is 0.822 bits per heavy atom. The maximum absolute atomic E-state index is 10.2. The number of allylic oxidation sites excluding steroid dienone is 12. The van der Waals surface area contributed by atoms with E-state index in [1.807, 2.05) is 12.1 Å². The molecule has 0 aliphatic carbocycles. The summed E-state index contributed by atoms with van der Waals surface area (Å²) in [5.74, 6) is 1.88. The van der Waals surface area contributed by atoms with Gasteiger partial charge in [-0.05, 0) is 156 Å². The number of hydrogen-bond acceptors (Lipinski definition) is 3. The van der Waals surface area contributed by atoms with Crippen molar-refractivity contribution >= 4 is 0 Å². The third-order valence-electron chi connectivity index (χ3n) is 7.89. The predicted octanol–water partition coefficient (Wildman–Crippen LogP) is 12.8. The number of phenols is 2. The van der Waals surface area contributed by atoms with Crippen molar-refractivity contribution in [1.29, 1.82) is 0 Å². The number of phenolic OH excluding ortho intramolecular Hbond substituents is 2. The Hall–Kier alpha value is -3.72. The molecule has 0 saturated carbocycles. The second-order valence-corrected chi connectivity index (χ2v) is 13.0. The van der Waals surface area contributed by atoms with Gasteiger partial charge in [0.1, 0.15) is 23.0 Å². The van der Waals surface area contributed by atoms with E-state index in [-0.39, 0.29) is 11.5 Å². The van der Waals surface area contributed by atoms with E-state index < -0.39 is 0 Å². The van der Waals surface area contributed by atoms with Crippen molar-refractivity contribution in [2.75, 3.05) is 0 Å². The lowest BCUT2D eigenvalue weighted by Gasteiger charge is -2.14. The van der Waals surface area contributed by atoms with Crippen molar-refractivity contribution in [1.82, 2.24) is 0 Å². The first kappa shape index (κ1) is 37.5. The van der Waals surface area contributed by atoms with Gasteiger partial charge in [-0.2, -0.15) is 0 Å². The topological polar surface area (TPSA) is 49.7 Å². The summed E-state index contributed by atoms with van der Waals surface area (Å²) >= 11 is 0. The van der Waals surface area contributed by atoms with E-state index in [1.165, 1.54) is 33.4 Å². The summed E-state index contributed by atoms with van der Waals surface area (Å²) in [6.45, 7) is 17.4. The molecule has 0 amide bonds. The first-order valence-corrected chi connectivity index (χ1v) is 16.6. The van der Waals surface area contributed by atoms with E-state index >= 15 is 0 Å². The molecule has 244 valence electrons. The van der Waals surface area contributed by atoms with Crippen LogP contribution in [0.5, 0.6) is 23.0 Å². The minimum Gasteiger partial charge on any atom is -0.508 e. The number of hydrogen-bond donors (Lipinski definition) is 2. The maximum atomic E-state index is 10.2. The number of ether oxygens (including phenoxy) is 1. The Morgan fingerprint density at radius 3 is 1.18 bits per heavy atom. The van der Waals surface area contributed by atoms with Crippen LogP contribution in [0.25, 0.3) is 0 Å². The van der Waals surface area contributed by atoms with Gasteiger partial charge in [0.15, 0.2) is 0 Å². The van der Waals surface area contributed by atoms with Gasteiger partial charge in [0, 0.05) is 11.1 Å². The molecule has 2 N–H and O–H groups in total. The Balaban J connectivity index is 2.05. The molecule has 0 heterocycles. The van der Waals surface area contributed by atoms with Crippen molar-refractivity contribution in [3.8, 4) is 23.0 Å². The van der Waals surface area contributed by atoms with Crippen LogP contribution in [-0.2, 0) is 12.8 Å². The minimum absolute atomic E-state index is 0.226. The molecule has 3 nitrogen and oxygen atoms in total. The maximum Gasteiger partial charge on any atom is 0.131 e. The van der Waals surface area contributed by atoms with Gasteiger partial charge in [-0.1, -0.05) is 69.9 Å². The fourth-order valence-corrected chi connectivity index (χ4v) is 5.01. The third kappa shape index (κ3) is 16.2. The SMILES string of the molecule is CC(C)=CCCC(C)=CCCC(C)=CCc1cc(O)ccc1Oc1ccc(O)cc1CC=C(C)CCC=C(C)CCC=C(C)C. The summed E-state index contributed by atoms with van der Waals surface area (Å²) in [7, 11) is 0. The molecule has 0 radical (unpaired) electrons. The van der Waals surface area contributed by atoms with Crippen LogP contribution in [0.3, 0.4) is 0 Å². The van der Waals surface area contributed by atoms with Crippen LogP contribution in [0.4, 0.5) is 0 Å². The van der Waals surface area contributed by atoms with Gasteiger partial charge in [0.25, 0.3) is 0 Å². The summed E-state index contributed by atoms with van der Waals surface area (Å²) in [6, 6.07) is 10.6. The van der Waals surface area contributed by atoms with E-state index in [0.717, 1.165) is 62.5 Å². The van der Waals surface area contributed by atoms with E-state index in [9.17, 15) is 10.2 Å². The molecule has 0 aromatic heterocycles. The average Bonchev–Trinajstić information content (AvgIpc) is 2.96. The predicted molar refractivity (Wildman–Crippen MR) is 195 cm³/mol. The Bertz CT molecular complexity index is 1300. The first-order chi connectivity index (χ1) is 21.4. The van der Waals surface area contributed by atoms with Crippen LogP contribution in [-0.4, -0.2) is 10.2 Å². The van der Waals surface area contributed by atoms with Gasteiger partial charge in [0.05, 0.1) is 0 Å². The normalized spacial score (nSPS) is 12.7. The second kappa shape index (κ2) is 20.3. The highest BCUT2D eigenvalue weighted by Gasteiger charge is 2.10. The molecule has 0 aliphatic rings. The van der Waals surface area contributed by atoms with Gasteiger partial charge < -0.3 is 14.9 Å². The molecule has 0 spiro atoms. The van der Waals surface area contributed by atoms with Gasteiger partial charge in [-0.3, -0.25) is 0 Å². The molecule has 0 atom stereocenters. The summed E-state index contributed by atoms with van der Waals surface area (Å²) < 4.78 is 6.44. The van der Waals surface area contributed by atoms with E-state index in [1.54, 1.807) is 24.3 Å². The van der Waals surface area contributed by atoms with Gasteiger partial charge in [-0.25, -0.2) is 0 Å². The lowest BCUT2D eigenvalue weighted by atomic mass is 10.0. The number of aromatic hydroxyl groups is 2. The highest BCUT2D eigenvalue weighted by atomic mass is 16.5. The number of benzene rings is 2. The molecule has 0 unspecified atom stereocenters. The standard InChI is InChI=1S/C42H58O3/c1-31(2)13-9-15-33(5)17-11-19-35(7)21-23-37-29-39(43)25-27-41(37)45-42-28-26-40(44)30-38(42)24-22-36(8)20-12-18-34(6)16-10-14-32(3)4/h13-14,17-18,21-22,25-30,43-44H,9-12,15-16,19-20,23-24H2,1-8H3. The molecule has 2 rings (SSSR count). The van der Waals surface area contributed by atoms with Crippen LogP contribution in [0.1, 0.15) is 118 Å². The average molecular weight is 611 g/mol. The van der Waals surface area contributed by atoms with Gasteiger partial charge >= 0.3 is 0 Å². The zero-order valence-electron chi connectivity index (χ0n) is 29.3. The van der Waals surface area contributed by atoms with Gasteiger partial charge in [-0.15, -0.1) is 0 Å². The van der Waals surface area contributed by atoms with E-state index in [4.69, 9.17) is 4.74 Å². The minimum atomic E-state index is 0.226. The smallest absolute Gasteiger partial charge is 0.131 e. The molecule has 0 bridgehead atoms. The lowest BCUT2D eigenvalue weighted by Crippen LogP contribution is -1.95. The highest BCUT2D eigenvalue weighted by molar-refractivity contribution is 5.47. The van der Waals surface area contributed by atoms with Crippen molar-refractivity contribution < 1.29 is 14.9 Å². The largest absolute Gasteiger partial charge is 0.508 e. The molecule has 0 aliphatic heterocycles. The molecule has 3 heteroatoms. The van der Waals surface area contributed by atoms with Crippen molar-refractivity contribution in [3.05, 3.63) is 117 Å². The lowest BCUT2D eigenvalue weighted by molar-refractivity contribution is 0.452. The summed E-state index contributed by atoms with van der Waals surface area (Å²) in [6.07, 6.45) is 23.6. The molecule has 0 fully saturated rings. The Kier molecular flexibility index (Phi) is 16.9. The van der Waals surface area contributed by atoms with Crippen molar-refractivity contribution in [2.24, 2.45) is 0 Å². The van der Waals surface area contributed by atoms with Crippen LogP contribution in [0.2, 0.25) is 0 Å². The summed E-state index contributed by atoms with van der Waals surface area (Å²) in [5, 5.41) is 20.5. The van der Waals surface area contributed by atoms with Gasteiger partial charge in [0.2, 0.25) is 0 Å². The summed E-state index contributed by atoms with van der Waals surface area (Å²) in [5.41, 5.74) is 10.1. The Labute approximate surface area is 274 Å². The van der Waals surface area contributed by atoms with Crippen LogP contribution in [0, 0.1) is 0 Å². The quantitative estimate of drug-likeness (QED) is 0.165. The monoisotopic (exact) mass is 610 g/mol. The fourth-order valence-electron chi connectivity index (χ4n) is 5.01. The second-order valence-electron chi connectivity index (χ2n) is 13.0. The molecule has 45 heavy (non-hydrogen) atoms. The molecular formula is C42H58O3. The van der Waals surface area contributed by atoms with Crippen molar-refractivity contribution in [2.45, 2.75) is 120 Å². The Morgan fingerprint density at radius 1 is 0.489 bits per heavy atom. The number of rotatable bonds is 18.